The van der Waals surface area contributed by atoms with Gasteiger partial charge in [-0.15, -0.1) is 0 Å². The molecule has 0 atom stereocenters. The Balaban J connectivity index is 3.02. The molecule has 1 aromatic heterocycles. The minimum atomic E-state index is -0.420. The molecular weight excluding hydrogens is 182 g/mol. The van der Waals surface area contributed by atoms with E-state index in [-0.39, 0.29) is 5.69 Å². The Morgan fingerprint density at radius 3 is 2.86 bits per heavy atom. The van der Waals surface area contributed by atoms with Crippen LogP contribution in [0.15, 0.2) is 24.7 Å². The molecule has 5 heteroatoms. The van der Waals surface area contributed by atoms with Crippen molar-refractivity contribution in [2.75, 3.05) is 14.1 Å². The molecule has 0 saturated carbocycles. The van der Waals surface area contributed by atoms with Crippen molar-refractivity contribution in [1.29, 1.82) is 0 Å². The molecule has 0 amide bonds. The van der Waals surface area contributed by atoms with Crippen molar-refractivity contribution in [1.82, 2.24) is 9.88 Å². The van der Waals surface area contributed by atoms with Crippen LogP contribution in [-0.2, 0) is 0 Å². The zero-order valence-electron chi connectivity index (χ0n) is 8.04. The Labute approximate surface area is 81.8 Å². The van der Waals surface area contributed by atoms with Gasteiger partial charge in [0.25, 0.3) is 5.69 Å². The molecule has 0 aliphatic carbocycles. The van der Waals surface area contributed by atoms with Crippen molar-refractivity contribution in [2.45, 2.75) is 0 Å². The fraction of sp³-hybridized carbons (Fsp3) is 0.222. The molecule has 0 aliphatic rings. The average molecular weight is 193 g/mol. The first-order valence-corrected chi connectivity index (χ1v) is 4.04. The molecule has 0 saturated heterocycles. The minimum absolute atomic E-state index is 0.0677. The van der Waals surface area contributed by atoms with Gasteiger partial charge in [-0.1, -0.05) is 0 Å². The summed E-state index contributed by atoms with van der Waals surface area (Å²) in [5.74, 6) is 0. The summed E-state index contributed by atoms with van der Waals surface area (Å²) in [5.41, 5.74) is 0.573. The summed E-state index contributed by atoms with van der Waals surface area (Å²) in [6, 6.07) is 1.38. The van der Waals surface area contributed by atoms with E-state index >= 15 is 0 Å². The van der Waals surface area contributed by atoms with Gasteiger partial charge in [0.1, 0.15) is 0 Å². The molecule has 1 rings (SSSR count). The SMILES string of the molecule is CN(C)C=Cc1cnccc1[N+](=O)[O-]. The first-order valence-electron chi connectivity index (χ1n) is 4.04. The lowest BCUT2D eigenvalue weighted by molar-refractivity contribution is -0.385. The Bertz CT molecular complexity index is 361. The van der Waals surface area contributed by atoms with Crippen molar-refractivity contribution in [3.63, 3.8) is 0 Å². The van der Waals surface area contributed by atoms with Gasteiger partial charge in [-0.3, -0.25) is 15.1 Å². The number of rotatable bonds is 3. The standard InChI is InChI=1S/C9H11N3O2/c1-11(2)6-4-8-7-10-5-3-9(8)12(13)14/h3-7H,1-2H3. The van der Waals surface area contributed by atoms with Crippen LogP contribution in [0.4, 0.5) is 5.69 Å². The van der Waals surface area contributed by atoms with Crippen molar-refractivity contribution in [3.8, 4) is 0 Å². The van der Waals surface area contributed by atoms with E-state index < -0.39 is 4.92 Å². The van der Waals surface area contributed by atoms with E-state index in [1.165, 1.54) is 18.5 Å². The minimum Gasteiger partial charge on any atom is -0.383 e. The van der Waals surface area contributed by atoms with Crippen LogP contribution in [-0.4, -0.2) is 28.9 Å². The molecule has 0 aliphatic heterocycles. The largest absolute Gasteiger partial charge is 0.383 e. The molecule has 0 bridgehead atoms. The van der Waals surface area contributed by atoms with E-state index in [0.717, 1.165) is 0 Å². The molecule has 0 spiro atoms. The lowest BCUT2D eigenvalue weighted by Gasteiger charge is -2.02. The van der Waals surface area contributed by atoms with Crippen molar-refractivity contribution < 1.29 is 4.92 Å². The third kappa shape index (κ3) is 2.55. The summed E-state index contributed by atoms with van der Waals surface area (Å²) in [5, 5.41) is 10.6. The second kappa shape index (κ2) is 4.36. The number of nitro groups is 1. The van der Waals surface area contributed by atoms with Gasteiger partial charge >= 0.3 is 0 Å². The van der Waals surface area contributed by atoms with Crippen LogP contribution in [0.2, 0.25) is 0 Å². The van der Waals surface area contributed by atoms with E-state index in [1.54, 1.807) is 17.2 Å². The molecule has 14 heavy (non-hydrogen) atoms. The van der Waals surface area contributed by atoms with Gasteiger partial charge in [-0.2, -0.15) is 0 Å². The topological polar surface area (TPSA) is 59.3 Å². The fourth-order valence-electron chi connectivity index (χ4n) is 0.923. The Kier molecular flexibility index (Phi) is 3.17. The zero-order valence-corrected chi connectivity index (χ0v) is 8.04. The van der Waals surface area contributed by atoms with Gasteiger partial charge in [-0.05, 0) is 12.3 Å². The quantitative estimate of drug-likeness (QED) is 0.539. The van der Waals surface area contributed by atoms with Crippen molar-refractivity contribution >= 4 is 11.8 Å². The Morgan fingerprint density at radius 1 is 1.57 bits per heavy atom. The van der Waals surface area contributed by atoms with Crippen LogP contribution >= 0.6 is 0 Å². The first-order chi connectivity index (χ1) is 6.61. The monoisotopic (exact) mass is 193 g/mol. The highest BCUT2D eigenvalue weighted by Gasteiger charge is 2.09. The summed E-state index contributed by atoms with van der Waals surface area (Å²) in [6.45, 7) is 0. The van der Waals surface area contributed by atoms with Gasteiger partial charge in [0.2, 0.25) is 0 Å². The number of hydrogen-bond donors (Lipinski definition) is 0. The van der Waals surface area contributed by atoms with Crippen LogP contribution in [0.25, 0.3) is 6.08 Å². The average Bonchev–Trinajstić information content (AvgIpc) is 2.15. The number of nitrogens with zero attached hydrogens (tertiary/aromatic N) is 3. The normalized spacial score (nSPS) is 10.4. The molecule has 74 valence electrons. The van der Waals surface area contributed by atoms with Crippen LogP contribution in [0.5, 0.6) is 0 Å². The maximum Gasteiger partial charge on any atom is 0.279 e. The predicted molar refractivity (Wildman–Crippen MR) is 53.6 cm³/mol. The van der Waals surface area contributed by atoms with Gasteiger partial charge in [-0.25, -0.2) is 0 Å². The van der Waals surface area contributed by atoms with Crippen LogP contribution in [0.1, 0.15) is 5.56 Å². The smallest absolute Gasteiger partial charge is 0.279 e. The van der Waals surface area contributed by atoms with E-state index in [2.05, 4.69) is 4.98 Å². The molecule has 0 N–H and O–H groups in total. The highest BCUT2D eigenvalue weighted by molar-refractivity contribution is 5.58. The van der Waals surface area contributed by atoms with E-state index in [9.17, 15) is 10.1 Å². The molecule has 0 unspecified atom stereocenters. The van der Waals surface area contributed by atoms with Crippen LogP contribution < -0.4 is 0 Å². The van der Waals surface area contributed by atoms with E-state index in [4.69, 9.17) is 0 Å². The van der Waals surface area contributed by atoms with Gasteiger partial charge < -0.3 is 4.90 Å². The van der Waals surface area contributed by atoms with Gasteiger partial charge in [0.15, 0.2) is 0 Å². The lowest BCUT2D eigenvalue weighted by atomic mass is 10.2. The van der Waals surface area contributed by atoms with Gasteiger partial charge in [0, 0.05) is 32.6 Å². The molecule has 1 heterocycles. The third-order valence-corrected chi connectivity index (χ3v) is 1.58. The van der Waals surface area contributed by atoms with Crippen LogP contribution in [0, 0.1) is 10.1 Å². The predicted octanol–water partition coefficient (Wildman–Crippen LogP) is 1.52. The van der Waals surface area contributed by atoms with Gasteiger partial charge in [0.05, 0.1) is 10.5 Å². The van der Waals surface area contributed by atoms with E-state index in [0.29, 0.717) is 5.56 Å². The molecule has 1 aromatic rings. The highest BCUT2D eigenvalue weighted by atomic mass is 16.6. The van der Waals surface area contributed by atoms with Crippen molar-refractivity contribution in [2.24, 2.45) is 0 Å². The number of hydrogen-bond acceptors (Lipinski definition) is 4. The first kappa shape index (κ1) is 10.2. The molecular formula is C9H11N3O2. The summed E-state index contributed by atoms with van der Waals surface area (Å²) >= 11 is 0. The number of aromatic nitrogens is 1. The van der Waals surface area contributed by atoms with Crippen LogP contribution in [0.3, 0.4) is 0 Å². The maximum absolute atomic E-state index is 10.6. The summed E-state index contributed by atoms with van der Waals surface area (Å²) in [6.07, 6.45) is 6.28. The highest BCUT2D eigenvalue weighted by Crippen LogP contribution is 2.17. The molecule has 0 radical (unpaired) electrons. The molecule has 0 fully saturated rings. The maximum atomic E-state index is 10.6. The number of pyridine rings is 1. The Hall–Kier alpha value is -1.91. The van der Waals surface area contributed by atoms with E-state index in [1.807, 2.05) is 14.1 Å². The molecule has 0 aromatic carbocycles. The lowest BCUT2D eigenvalue weighted by Crippen LogP contribution is -2.00. The fourth-order valence-corrected chi connectivity index (χ4v) is 0.923. The summed E-state index contributed by atoms with van der Waals surface area (Å²) in [7, 11) is 3.69. The Morgan fingerprint density at radius 2 is 2.29 bits per heavy atom. The second-order valence-corrected chi connectivity index (χ2v) is 2.97. The second-order valence-electron chi connectivity index (χ2n) is 2.97. The third-order valence-electron chi connectivity index (χ3n) is 1.58. The van der Waals surface area contributed by atoms with Crippen molar-refractivity contribution in [3.05, 3.63) is 40.3 Å². The summed E-state index contributed by atoms with van der Waals surface area (Å²) in [4.78, 5) is 15.8. The zero-order chi connectivity index (χ0) is 10.6. The summed E-state index contributed by atoms with van der Waals surface area (Å²) < 4.78 is 0. The molecule has 5 nitrogen and oxygen atoms in total.